The number of rotatable bonds is 11. The summed E-state index contributed by atoms with van der Waals surface area (Å²) < 4.78 is 39.6. The maximum Gasteiger partial charge on any atom is 0.273 e. The molecule has 0 spiro atoms. The van der Waals surface area contributed by atoms with E-state index in [1.165, 1.54) is 36.9 Å². The summed E-state index contributed by atoms with van der Waals surface area (Å²) in [6.07, 6.45) is 4.42. The van der Waals surface area contributed by atoms with Gasteiger partial charge in [-0.3, -0.25) is 8.61 Å². The lowest BCUT2D eigenvalue weighted by Crippen LogP contribution is -2.65. The van der Waals surface area contributed by atoms with Gasteiger partial charge in [-0.1, -0.05) is 145 Å². The zero-order valence-electron chi connectivity index (χ0n) is 55.8. The summed E-state index contributed by atoms with van der Waals surface area (Å²) in [5.74, 6) is 6.52. The molecule has 21 rings (SSSR count). The van der Waals surface area contributed by atoms with Crippen LogP contribution in [0.3, 0.4) is 0 Å². The molecule has 15 aromatic rings. The van der Waals surface area contributed by atoms with E-state index in [-0.39, 0.29) is 20.1 Å². The summed E-state index contributed by atoms with van der Waals surface area (Å²) in [6, 6.07) is 101. The molecule has 9 nitrogen and oxygen atoms in total. The third-order valence-corrected chi connectivity index (χ3v) is 24.9. The second-order valence-corrected chi connectivity index (χ2v) is 30.4. The standard InChI is InChI=1S/C86H58B3N5O4S4/c1-51-33-37-57(38-34-51)92(58-39-35-52(2)36-40-58)61-44-75-82-77(46-61)98-84-63-30-18-20-32-79(63)102-86(84)89(82)67-48-65-69(50-73(67)96-75)94(100-4)71-42-59(90(53-21-9-5-10-22-53)54-23-11-6-12-24-54)41-70-80(71)87(65)64-47-66-72(49-68(64)93(70)99-3)95-74-43-60(91(55-25-13-7-14-26-55)56-27-15-8-16-28-56)45-76-81(74)88(66)85-83(97-76)62-29-17-19-31-78(62)101-85/h5-50H,1-4H3. The van der Waals surface area contributed by atoms with Crippen molar-refractivity contribution in [3.63, 3.8) is 0 Å². The van der Waals surface area contributed by atoms with Crippen LogP contribution in [-0.2, 0) is 0 Å². The van der Waals surface area contributed by atoms with Crippen molar-refractivity contribution in [2.45, 2.75) is 13.8 Å². The molecule has 2 aromatic heterocycles. The van der Waals surface area contributed by atoms with E-state index in [0.717, 1.165) is 162 Å². The zero-order chi connectivity index (χ0) is 67.6. The molecular weight excluding hydrogens is 1330 g/mol. The van der Waals surface area contributed by atoms with Gasteiger partial charge in [0.1, 0.15) is 46.0 Å². The minimum atomic E-state index is -0.267. The van der Waals surface area contributed by atoms with E-state index in [2.05, 4.69) is 329 Å². The fourth-order valence-electron chi connectivity index (χ4n) is 16.5. The number of ether oxygens (including phenoxy) is 4. The fourth-order valence-corrected chi connectivity index (χ4v) is 20.4. The Kier molecular flexibility index (Phi) is 13.6. The predicted molar refractivity (Wildman–Crippen MR) is 435 cm³/mol. The number of benzene rings is 13. The highest BCUT2D eigenvalue weighted by molar-refractivity contribution is 8.00. The van der Waals surface area contributed by atoms with Crippen LogP contribution in [0.15, 0.2) is 279 Å². The maximum absolute atomic E-state index is 7.65. The highest BCUT2D eigenvalue weighted by Gasteiger charge is 2.51. The van der Waals surface area contributed by atoms with Gasteiger partial charge in [-0.05, 0) is 174 Å². The lowest BCUT2D eigenvalue weighted by molar-refractivity contribution is 0.468. The van der Waals surface area contributed by atoms with E-state index in [1.807, 2.05) is 22.7 Å². The number of aryl methyl sites for hydroxylation is 2. The molecule has 0 amide bonds. The van der Waals surface area contributed by atoms with Gasteiger partial charge in [0.05, 0.1) is 39.8 Å². The Morgan fingerprint density at radius 3 is 1.00 bits per heavy atom. The SMILES string of the molecule is CSN1c2cc3c(cc2B2c4cc5c(cc4N(SC)c4cc(N(c6ccccc6)c6ccccc6)cc1c42)Oc1cc(N(c2ccc(C)cc2)c2ccc(C)cc2)cc2c1B5c1sc4ccccc4c1O2)B1c2sc4ccccc4c2Oc2cc(N(c4ccccc4)c4ccccc4)cc(c21)O3. The number of anilines is 13. The van der Waals surface area contributed by atoms with Crippen LogP contribution < -0.4 is 90.1 Å². The van der Waals surface area contributed by atoms with Crippen molar-refractivity contribution in [3.05, 3.63) is 290 Å². The molecule has 0 N–H and O–H groups in total. The van der Waals surface area contributed by atoms with E-state index < -0.39 is 0 Å². The molecule has 0 saturated heterocycles. The number of nitrogens with zero attached hydrogens (tertiary/aromatic N) is 5. The van der Waals surface area contributed by atoms with Gasteiger partial charge in [0.25, 0.3) is 20.1 Å². The van der Waals surface area contributed by atoms with E-state index in [1.54, 1.807) is 23.9 Å². The third kappa shape index (κ3) is 9.08. The summed E-state index contributed by atoms with van der Waals surface area (Å²) in [5, 5.41) is 2.20. The molecule has 0 atom stereocenters. The van der Waals surface area contributed by atoms with Gasteiger partial charge in [-0.25, -0.2) is 0 Å². The van der Waals surface area contributed by atoms with Gasteiger partial charge in [0, 0.05) is 124 Å². The number of fused-ring (bicyclic) bond motifs is 16. The Hall–Kier alpha value is -11.1. The van der Waals surface area contributed by atoms with Crippen LogP contribution in [0.4, 0.5) is 73.9 Å². The van der Waals surface area contributed by atoms with Crippen LogP contribution in [0.25, 0.3) is 20.2 Å². The van der Waals surface area contributed by atoms with Gasteiger partial charge in [-0.2, -0.15) is 0 Å². The van der Waals surface area contributed by atoms with Gasteiger partial charge < -0.3 is 33.6 Å². The quantitative estimate of drug-likeness (QED) is 0.0919. The van der Waals surface area contributed by atoms with Gasteiger partial charge >= 0.3 is 0 Å². The molecule has 0 bridgehead atoms. The van der Waals surface area contributed by atoms with Crippen molar-refractivity contribution in [2.75, 3.05) is 35.8 Å². The molecule has 0 radical (unpaired) electrons. The van der Waals surface area contributed by atoms with E-state index in [9.17, 15) is 0 Å². The largest absolute Gasteiger partial charge is 0.458 e. The fraction of sp³-hybridized carbons (Fsp3) is 0.0465. The molecule has 0 saturated carbocycles. The van der Waals surface area contributed by atoms with E-state index >= 15 is 0 Å². The molecule has 6 aliphatic heterocycles. The summed E-state index contributed by atoms with van der Waals surface area (Å²) >= 11 is 7.09. The molecule has 6 aliphatic rings. The monoisotopic (exact) mass is 1390 g/mol. The number of thiophene rings is 2. The average molecular weight is 1390 g/mol. The topological polar surface area (TPSA) is 53.1 Å². The zero-order valence-corrected chi connectivity index (χ0v) is 59.1. The second-order valence-electron chi connectivity index (χ2n) is 26.8. The molecule has 0 fully saturated rings. The van der Waals surface area contributed by atoms with Crippen LogP contribution in [-0.4, -0.2) is 32.6 Å². The van der Waals surface area contributed by atoms with Crippen molar-refractivity contribution in [1.82, 2.24) is 0 Å². The Morgan fingerprint density at radius 2 is 0.627 bits per heavy atom. The van der Waals surface area contributed by atoms with Crippen LogP contribution in [0.5, 0.6) is 46.0 Å². The lowest BCUT2D eigenvalue weighted by atomic mass is 9.30. The van der Waals surface area contributed by atoms with Gasteiger partial charge in [-0.15, -0.1) is 22.7 Å². The van der Waals surface area contributed by atoms with Crippen LogP contribution in [0.1, 0.15) is 11.1 Å². The molecule has 484 valence electrons. The third-order valence-electron chi connectivity index (χ3n) is 20.9. The molecule has 0 unspecified atom stereocenters. The lowest BCUT2D eigenvalue weighted by Gasteiger charge is -2.45. The molecule has 0 aliphatic carbocycles. The van der Waals surface area contributed by atoms with Crippen LogP contribution in [0.2, 0.25) is 0 Å². The van der Waals surface area contributed by atoms with Crippen LogP contribution >= 0.6 is 46.6 Å². The summed E-state index contributed by atoms with van der Waals surface area (Å²) in [6.45, 7) is 3.56. The minimum Gasteiger partial charge on any atom is -0.458 e. The van der Waals surface area contributed by atoms with Crippen molar-refractivity contribution < 1.29 is 18.9 Å². The molecule has 102 heavy (non-hydrogen) atoms. The number of para-hydroxylation sites is 4. The van der Waals surface area contributed by atoms with Crippen molar-refractivity contribution in [2.24, 2.45) is 0 Å². The normalized spacial score (nSPS) is 13.4. The molecule has 16 heteroatoms. The second kappa shape index (κ2) is 23.2. The number of hydrogen-bond donors (Lipinski definition) is 0. The van der Waals surface area contributed by atoms with Gasteiger partial charge in [0.15, 0.2) is 0 Å². The number of hydrogen-bond acceptors (Lipinski definition) is 13. The highest BCUT2D eigenvalue weighted by Crippen LogP contribution is 2.52. The molecular formula is C86H58B3N5O4S4. The Morgan fingerprint density at radius 1 is 0.294 bits per heavy atom. The minimum absolute atomic E-state index is 0.221. The van der Waals surface area contributed by atoms with Crippen molar-refractivity contribution >= 4 is 209 Å². The highest BCUT2D eigenvalue weighted by atomic mass is 32.2. The van der Waals surface area contributed by atoms with Crippen LogP contribution in [0, 0.1) is 13.8 Å². The Balaban J connectivity index is 0.809. The first kappa shape index (κ1) is 59.7. The molecule has 13 aromatic carbocycles. The first-order chi connectivity index (χ1) is 50.3. The summed E-state index contributed by atoms with van der Waals surface area (Å²) in [7, 11) is 0. The smallest absolute Gasteiger partial charge is 0.273 e. The van der Waals surface area contributed by atoms with E-state index in [4.69, 9.17) is 18.9 Å². The van der Waals surface area contributed by atoms with Crippen molar-refractivity contribution in [3.8, 4) is 46.0 Å². The first-order valence-electron chi connectivity index (χ1n) is 34.3. The maximum atomic E-state index is 7.65. The van der Waals surface area contributed by atoms with E-state index in [0.29, 0.717) is 0 Å². The average Bonchev–Trinajstić information content (AvgIpc) is 0.939. The first-order valence-corrected chi connectivity index (χ1v) is 38.3. The Labute approximate surface area is 608 Å². The van der Waals surface area contributed by atoms with Gasteiger partial charge in [0.2, 0.25) is 0 Å². The Bertz CT molecular complexity index is 5850. The summed E-state index contributed by atoms with van der Waals surface area (Å²) in [5.41, 5.74) is 23.7. The molecule has 8 heterocycles. The van der Waals surface area contributed by atoms with Crippen molar-refractivity contribution in [1.29, 1.82) is 0 Å². The summed E-state index contributed by atoms with van der Waals surface area (Å²) in [4.78, 5) is 7.01. The predicted octanol–water partition coefficient (Wildman–Crippen LogP) is 18.6.